The van der Waals surface area contributed by atoms with Gasteiger partial charge < -0.3 is 0 Å². The van der Waals surface area contributed by atoms with Crippen molar-refractivity contribution in [1.82, 2.24) is 24.5 Å². The maximum Gasteiger partial charge on any atom is 0.284 e. The van der Waals surface area contributed by atoms with Crippen LogP contribution in [0.15, 0.2) is 4.79 Å². The number of nitrogens with zero attached hydrogens (tertiary/aromatic N) is 5. The van der Waals surface area contributed by atoms with Gasteiger partial charge in [0.1, 0.15) is 0 Å². The standard InChI is InChI=1S/C6H6ClN5O/c1-11-5(13)3-4(8-6(11)7)12(2)10-9-3/h1-2H3. The molecule has 0 spiro atoms. The summed E-state index contributed by atoms with van der Waals surface area (Å²) >= 11 is 5.70. The van der Waals surface area contributed by atoms with Gasteiger partial charge in [0.05, 0.1) is 0 Å². The first-order valence-corrected chi connectivity index (χ1v) is 3.91. The quantitative estimate of drug-likeness (QED) is 0.547. The molecule has 2 aromatic heterocycles. The van der Waals surface area contributed by atoms with Gasteiger partial charge in [-0.1, -0.05) is 5.21 Å². The molecule has 0 radical (unpaired) electrons. The molecule has 68 valence electrons. The summed E-state index contributed by atoms with van der Waals surface area (Å²) in [4.78, 5) is 15.4. The molecule has 2 rings (SSSR count). The lowest BCUT2D eigenvalue weighted by molar-refractivity contribution is 0.729. The van der Waals surface area contributed by atoms with E-state index in [1.54, 1.807) is 7.05 Å². The number of hydrogen-bond donors (Lipinski definition) is 0. The van der Waals surface area contributed by atoms with E-state index in [1.807, 2.05) is 0 Å². The summed E-state index contributed by atoms with van der Waals surface area (Å²) in [5, 5.41) is 7.48. The van der Waals surface area contributed by atoms with Gasteiger partial charge in [0, 0.05) is 14.1 Å². The van der Waals surface area contributed by atoms with Crippen LogP contribution in [0, 0.1) is 0 Å². The molecule has 0 unspecified atom stereocenters. The first kappa shape index (κ1) is 8.18. The third-order valence-electron chi connectivity index (χ3n) is 1.78. The van der Waals surface area contributed by atoms with Crippen LogP contribution in [0.3, 0.4) is 0 Å². The number of aromatic nitrogens is 5. The fourth-order valence-corrected chi connectivity index (χ4v) is 1.18. The van der Waals surface area contributed by atoms with Crippen LogP contribution in [0.1, 0.15) is 0 Å². The first-order valence-electron chi connectivity index (χ1n) is 3.53. The van der Waals surface area contributed by atoms with Crippen molar-refractivity contribution in [2.45, 2.75) is 0 Å². The zero-order valence-electron chi connectivity index (χ0n) is 7.02. The average Bonchev–Trinajstić information content (AvgIpc) is 2.45. The van der Waals surface area contributed by atoms with E-state index in [1.165, 1.54) is 16.3 Å². The van der Waals surface area contributed by atoms with E-state index in [4.69, 9.17) is 11.6 Å². The highest BCUT2D eigenvalue weighted by atomic mass is 35.5. The molecule has 0 fully saturated rings. The Kier molecular flexibility index (Phi) is 1.59. The van der Waals surface area contributed by atoms with Gasteiger partial charge in [-0.25, -0.2) is 4.68 Å². The molecule has 0 aromatic carbocycles. The van der Waals surface area contributed by atoms with E-state index >= 15 is 0 Å². The largest absolute Gasteiger partial charge is 0.284 e. The number of rotatable bonds is 0. The molecule has 0 aliphatic rings. The third-order valence-corrected chi connectivity index (χ3v) is 2.12. The first-order chi connectivity index (χ1) is 6.11. The van der Waals surface area contributed by atoms with Gasteiger partial charge >= 0.3 is 0 Å². The zero-order chi connectivity index (χ0) is 9.59. The van der Waals surface area contributed by atoms with Gasteiger partial charge in [0.25, 0.3) is 5.56 Å². The Morgan fingerprint density at radius 3 is 2.77 bits per heavy atom. The monoisotopic (exact) mass is 199 g/mol. The minimum Gasteiger partial charge on any atom is -0.284 e. The molecule has 6 nitrogen and oxygen atoms in total. The minimum absolute atomic E-state index is 0.128. The Morgan fingerprint density at radius 1 is 1.38 bits per heavy atom. The summed E-state index contributed by atoms with van der Waals surface area (Å²) in [5.74, 6) is 0. The maximum absolute atomic E-state index is 11.5. The van der Waals surface area contributed by atoms with Gasteiger partial charge in [-0.2, -0.15) is 4.98 Å². The smallest absolute Gasteiger partial charge is 0.284 e. The summed E-state index contributed by atoms with van der Waals surface area (Å²) in [5.41, 5.74) is 0.339. The Bertz CT molecular complexity index is 528. The van der Waals surface area contributed by atoms with E-state index in [-0.39, 0.29) is 16.4 Å². The summed E-state index contributed by atoms with van der Waals surface area (Å²) in [6.45, 7) is 0. The molecular formula is C6H6ClN5O. The van der Waals surface area contributed by atoms with Crippen LogP contribution in [0.25, 0.3) is 11.2 Å². The van der Waals surface area contributed by atoms with Gasteiger partial charge in [0.2, 0.25) is 5.28 Å². The molecule has 0 aliphatic carbocycles. The Morgan fingerprint density at radius 2 is 2.08 bits per heavy atom. The lowest BCUT2D eigenvalue weighted by atomic mass is 10.5. The van der Waals surface area contributed by atoms with Crippen LogP contribution in [0.2, 0.25) is 5.28 Å². The summed E-state index contributed by atoms with van der Waals surface area (Å²) in [6, 6.07) is 0. The minimum atomic E-state index is -0.289. The van der Waals surface area contributed by atoms with E-state index in [9.17, 15) is 4.79 Å². The highest BCUT2D eigenvalue weighted by molar-refractivity contribution is 6.28. The molecule has 0 saturated heterocycles. The SMILES string of the molecule is Cn1c(Cl)nc2c(nnn2C)c1=O. The lowest BCUT2D eigenvalue weighted by Gasteiger charge is -1.98. The van der Waals surface area contributed by atoms with Crippen molar-refractivity contribution in [3.63, 3.8) is 0 Å². The second-order valence-electron chi connectivity index (χ2n) is 2.63. The van der Waals surface area contributed by atoms with E-state index in [0.717, 1.165) is 0 Å². The van der Waals surface area contributed by atoms with Crippen LogP contribution in [0.4, 0.5) is 0 Å². The predicted octanol–water partition coefficient (Wildman–Crippen LogP) is -0.285. The number of halogens is 1. The number of fused-ring (bicyclic) bond motifs is 1. The summed E-state index contributed by atoms with van der Waals surface area (Å²) in [7, 11) is 3.18. The zero-order valence-corrected chi connectivity index (χ0v) is 7.78. The number of aryl methyl sites for hydroxylation is 1. The number of hydrogen-bond acceptors (Lipinski definition) is 4. The van der Waals surface area contributed by atoms with Crippen molar-refractivity contribution in [3.05, 3.63) is 15.6 Å². The highest BCUT2D eigenvalue weighted by Gasteiger charge is 2.10. The van der Waals surface area contributed by atoms with Gasteiger partial charge in [0.15, 0.2) is 11.2 Å². The summed E-state index contributed by atoms with van der Waals surface area (Å²) in [6.07, 6.45) is 0. The molecule has 0 saturated carbocycles. The van der Waals surface area contributed by atoms with Crippen molar-refractivity contribution in [1.29, 1.82) is 0 Å². The van der Waals surface area contributed by atoms with Crippen LogP contribution in [-0.2, 0) is 14.1 Å². The van der Waals surface area contributed by atoms with Crippen LogP contribution < -0.4 is 5.56 Å². The second kappa shape index (κ2) is 2.53. The van der Waals surface area contributed by atoms with Gasteiger partial charge in [-0.05, 0) is 11.6 Å². The van der Waals surface area contributed by atoms with Crippen molar-refractivity contribution in [2.24, 2.45) is 14.1 Å². The average molecular weight is 200 g/mol. The second-order valence-corrected chi connectivity index (χ2v) is 2.97. The molecule has 2 aromatic rings. The molecule has 7 heteroatoms. The molecule has 0 aliphatic heterocycles. The Balaban J connectivity index is 3.05. The predicted molar refractivity (Wildman–Crippen MR) is 46.6 cm³/mol. The molecule has 0 N–H and O–H groups in total. The fourth-order valence-electron chi connectivity index (χ4n) is 1.02. The highest BCUT2D eigenvalue weighted by Crippen LogP contribution is 2.06. The fraction of sp³-hybridized carbons (Fsp3) is 0.333. The molecular weight excluding hydrogens is 194 g/mol. The van der Waals surface area contributed by atoms with Crippen molar-refractivity contribution < 1.29 is 0 Å². The normalized spacial score (nSPS) is 11.0. The van der Waals surface area contributed by atoms with E-state index in [2.05, 4.69) is 15.3 Å². The Hall–Kier alpha value is -1.43. The van der Waals surface area contributed by atoms with Gasteiger partial charge in [-0.3, -0.25) is 9.36 Å². The van der Waals surface area contributed by atoms with Crippen LogP contribution in [0.5, 0.6) is 0 Å². The maximum atomic E-state index is 11.5. The molecule has 0 atom stereocenters. The third kappa shape index (κ3) is 1.02. The van der Waals surface area contributed by atoms with Crippen LogP contribution >= 0.6 is 11.6 Å². The molecule has 2 heterocycles. The molecule has 0 bridgehead atoms. The van der Waals surface area contributed by atoms with Crippen LogP contribution in [-0.4, -0.2) is 24.5 Å². The molecule has 0 amide bonds. The van der Waals surface area contributed by atoms with Gasteiger partial charge in [-0.15, -0.1) is 5.10 Å². The van der Waals surface area contributed by atoms with Crippen molar-refractivity contribution >= 4 is 22.8 Å². The summed E-state index contributed by atoms with van der Waals surface area (Å²) < 4.78 is 2.63. The Labute approximate surface area is 77.8 Å². The lowest BCUT2D eigenvalue weighted by Crippen LogP contribution is -2.19. The van der Waals surface area contributed by atoms with E-state index in [0.29, 0.717) is 5.65 Å². The van der Waals surface area contributed by atoms with E-state index < -0.39 is 0 Å². The molecule has 13 heavy (non-hydrogen) atoms. The van der Waals surface area contributed by atoms with Crippen molar-refractivity contribution in [3.8, 4) is 0 Å². The van der Waals surface area contributed by atoms with Crippen molar-refractivity contribution in [2.75, 3.05) is 0 Å². The topological polar surface area (TPSA) is 65.6 Å².